The minimum atomic E-state index is 0.456. The van der Waals surface area contributed by atoms with E-state index in [0.717, 1.165) is 0 Å². The largest absolute Gasteiger partial charge is 0.347 e. The molecular formula is C14H22N2. The van der Waals surface area contributed by atoms with Crippen molar-refractivity contribution in [1.29, 1.82) is 0 Å². The number of anilines is 2. The van der Waals surface area contributed by atoms with Gasteiger partial charge in [0.05, 0.1) is 17.5 Å². The van der Waals surface area contributed by atoms with Gasteiger partial charge < -0.3 is 9.80 Å². The van der Waals surface area contributed by atoms with E-state index < -0.39 is 0 Å². The summed E-state index contributed by atoms with van der Waals surface area (Å²) in [6.07, 6.45) is 0.456. The van der Waals surface area contributed by atoms with Crippen LogP contribution in [0, 0.1) is 0 Å². The van der Waals surface area contributed by atoms with Crippen molar-refractivity contribution in [3.63, 3.8) is 0 Å². The number of hydrogen-bond acceptors (Lipinski definition) is 2. The minimum Gasteiger partial charge on any atom is -0.347 e. The van der Waals surface area contributed by atoms with E-state index in [1.807, 2.05) is 0 Å². The lowest BCUT2D eigenvalue weighted by atomic mass is 10.2. The lowest BCUT2D eigenvalue weighted by molar-refractivity contribution is 0.539. The first-order valence-corrected chi connectivity index (χ1v) is 6.19. The molecule has 88 valence electrons. The van der Waals surface area contributed by atoms with Gasteiger partial charge in [-0.3, -0.25) is 0 Å². The predicted octanol–water partition coefficient (Wildman–Crippen LogP) is 3.48. The predicted molar refractivity (Wildman–Crippen MR) is 71.1 cm³/mol. The van der Waals surface area contributed by atoms with Crippen LogP contribution < -0.4 is 9.80 Å². The smallest absolute Gasteiger partial charge is 0.0993 e. The van der Waals surface area contributed by atoms with Crippen molar-refractivity contribution < 1.29 is 0 Å². The number of nitrogens with zero attached hydrogens (tertiary/aromatic N) is 2. The number of fused-ring (bicyclic) bond motifs is 1. The van der Waals surface area contributed by atoms with Crippen LogP contribution in [0.3, 0.4) is 0 Å². The van der Waals surface area contributed by atoms with Gasteiger partial charge in [-0.15, -0.1) is 0 Å². The summed E-state index contributed by atoms with van der Waals surface area (Å²) in [6, 6.07) is 9.80. The monoisotopic (exact) mass is 218 g/mol. The van der Waals surface area contributed by atoms with Crippen molar-refractivity contribution in [3.05, 3.63) is 24.3 Å². The van der Waals surface area contributed by atoms with E-state index >= 15 is 0 Å². The van der Waals surface area contributed by atoms with Crippen molar-refractivity contribution in [2.45, 2.75) is 52.9 Å². The van der Waals surface area contributed by atoms with Gasteiger partial charge in [-0.1, -0.05) is 12.1 Å². The Morgan fingerprint density at radius 2 is 1.25 bits per heavy atom. The molecule has 2 heteroatoms. The Balaban J connectivity index is 2.48. The van der Waals surface area contributed by atoms with Crippen LogP contribution in [0.1, 0.15) is 34.6 Å². The van der Waals surface area contributed by atoms with E-state index in [0.29, 0.717) is 18.2 Å². The standard InChI is InChI=1S/C14H22N2/c1-10(2)15-12(5)16(11(3)4)14-9-7-6-8-13(14)15/h6-12H,1-5H3. The highest BCUT2D eigenvalue weighted by molar-refractivity contribution is 5.78. The number of hydrogen-bond donors (Lipinski definition) is 0. The van der Waals surface area contributed by atoms with Gasteiger partial charge >= 0.3 is 0 Å². The van der Waals surface area contributed by atoms with Gasteiger partial charge in [-0.2, -0.15) is 0 Å². The molecule has 0 bridgehead atoms. The van der Waals surface area contributed by atoms with E-state index in [1.54, 1.807) is 0 Å². The molecule has 0 aliphatic carbocycles. The second-order valence-electron chi connectivity index (χ2n) is 5.12. The summed E-state index contributed by atoms with van der Waals surface area (Å²) in [4.78, 5) is 4.99. The van der Waals surface area contributed by atoms with Crippen LogP contribution in [-0.4, -0.2) is 18.2 Å². The number of rotatable bonds is 2. The van der Waals surface area contributed by atoms with Crippen LogP contribution >= 0.6 is 0 Å². The molecule has 1 aromatic carbocycles. The summed E-state index contributed by atoms with van der Waals surface area (Å²) in [5, 5.41) is 0. The number of benzene rings is 1. The second-order valence-corrected chi connectivity index (χ2v) is 5.12. The van der Waals surface area contributed by atoms with Crippen molar-refractivity contribution in [3.8, 4) is 0 Å². The fourth-order valence-electron chi connectivity index (χ4n) is 2.86. The zero-order valence-electron chi connectivity index (χ0n) is 10.9. The van der Waals surface area contributed by atoms with E-state index in [-0.39, 0.29) is 0 Å². The van der Waals surface area contributed by atoms with Crippen molar-refractivity contribution in [2.24, 2.45) is 0 Å². The van der Waals surface area contributed by atoms with E-state index in [2.05, 4.69) is 68.7 Å². The fraction of sp³-hybridized carbons (Fsp3) is 0.571. The Morgan fingerprint density at radius 3 is 1.56 bits per heavy atom. The molecule has 0 amide bonds. The van der Waals surface area contributed by atoms with Crippen molar-refractivity contribution >= 4 is 11.4 Å². The minimum absolute atomic E-state index is 0.456. The van der Waals surface area contributed by atoms with Crippen LogP contribution in [0.5, 0.6) is 0 Å². The van der Waals surface area contributed by atoms with Gasteiger partial charge in [0, 0.05) is 12.1 Å². The van der Waals surface area contributed by atoms with Crippen molar-refractivity contribution in [2.75, 3.05) is 9.80 Å². The molecule has 0 radical (unpaired) electrons. The Bertz CT molecular complexity index is 336. The maximum absolute atomic E-state index is 2.50. The molecule has 1 aliphatic rings. The molecule has 1 heterocycles. The topological polar surface area (TPSA) is 6.48 Å². The third-order valence-corrected chi connectivity index (χ3v) is 3.36. The van der Waals surface area contributed by atoms with Gasteiger partial charge in [-0.05, 0) is 46.8 Å². The van der Waals surface area contributed by atoms with Gasteiger partial charge in [0.2, 0.25) is 0 Å². The van der Waals surface area contributed by atoms with Gasteiger partial charge in [0.15, 0.2) is 0 Å². The summed E-state index contributed by atoms with van der Waals surface area (Å²) in [6.45, 7) is 11.3. The maximum atomic E-state index is 2.50. The van der Waals surface area contributed by atoms with Crippen LogP contribution in [0.25, 0.3) is 0 Å². The Kier molecular flexibility index (Phi) is 2.83. The molecule has 0 fully saturated rings. The van der Waals surface area contributed by atoms with E-state index in [1.165, 1.54) is 11.4 Å². The SMILES string of the molecule is CC(C)N1c2ccccc2N(C(C)C)C1C. The summed E-state index contributed by atoms with van der Waals surface area (Å²) >= 11 is 0. The van der Waals surface area contributed by atoms with Crippen LogP contribution in [0.2, 0.25) is 0 Å². The summed E-state index contributed by atoms with van der Waals surface area (Å²) in [5.74, 6) is 0. The second kappa shape index (κ2) is 4.00. The molecular weight excluding hydrogens is 196 g/mol. The highest BCUT2D eigenvalue weighted by atomic mass is 15.4. The molecule has 0 atom stereocenters. The quantitative estimate of drug-likeness (QED) is 0.750. The Labute approximate surface area is 98.9 Å². The van der Waals surface area contributed by atoms with E-state index in [4.69, 9.17) is 0 Å². The Hall–Kier alpha value is -1.18. The van der Waals surface area contributed by atoms with Crippen LogP contribution in [0.4, 0.5) is 11.4 Å². The first-order chi connectivity index (χ1) is 7.54. The molecule has 0 aromatic heterocycles. The molecule has 0 saturated heterocycles. The zero-order valence-corrected chi connectivity index (χ0v) is 10.9. The molecule has 2 rings (SSSR count). The fourth-order valence-corrected chi connectivity index (χ4v) is 2.86. The third kappa shape index (κ3) is 1.57. The third-order valence-electron chi connectivity index (χ3n) is 3.36. The first kappa shape index (κ1) is 11.3. The van der Waals surface area contributed by atoms with Gasteiger partial charge in [-0.25, -0.2) is 0 Å². The molecule has 2 nitrogen and oxygen atoms in total. The summed E-state index contributed by atoms with van der Waals surface area (Å²) < 4.78 is 0. The van der Waals surface area contributed by atoms with Gasteiger partial charge in [0.1, 0.15) is 0 Å². The summed E-state index contributed by atoms with van der Waals surface area (Å²) in [7, 11) is 0. The molecule has 1 aromatic rings. The Morgan fingerprint density at radius 1 is 0.875 bits per heavy atom. The zero-order chi connectivity index (χ0) is 11.9. The van der Waals surface area contributed by atoms with Crippen LogP contribution in [0.15, 0.2) is 24.3 Å². The maximum Gasteiger partial charge on any atom is 0.0993 e. The number of para-hydroxylation sites is 2. The first-order valence-electron chi connectivity index (χ1n) is 6.19. The lowest BCUT2D eigenvalue weighted by Crippen LogP contribution is -2.47. The van der Waals surface area contributed by atoms with Crippen molar-refractivity contribution in [1.82, 2.24) is 0 Å². The van der Waals surface area contributed by atoms with Gasteiger partial charge in [0.25, 0.3) is 0 Å². The average Bonchev–Trinajstić information content (AvgIpc) is 2.49. The highest BCUT2D eigenvalue weighted by Crippen LogP contribution is 2.41. The lowest BCUT2D eigenvalue weighted by Gasteiger charge is -2.35. The normalized spacial score (nSPS) is 16.4. The molecule has 0 unspecified atom stereocenters. The summed E-state index contributed by atoms with van der Waals surface area (Å²) in [5.41, 5.74) is 2.75. The molecule has 1 aliphatic heterocycles. The average molecular weight is 218 g/mol. The molecule has 0 N–H and O–H groups in total. The molecule has 16 heavy (non-hydrogen) atoms. The highest BCUT2D eigenvalue weighted by Gasteiger charge is 2.34. The van der Waals surface area contributed by atoms with Crippen LogP contribution in [-0.2, 0) is 0 Å². The molecule has 0 spiro atoms. The van der Waals surface area contributed by atoms with E-state index in [9.17, 15) is 0 Å². The molecule has 0 saturated carbocycles.